The van der Waals surface area contributed by atoms with Gasteiger partial charge in [0.15, 0.2) is 0 Å². The Labute approximate surface area is 179 Å². The van der Waals surface area contributed by atoms with E-state index in [9.17, 15) is 17.6 Å². The first kappa shape index (κ1) is 21.1. The third kappa shape index (κ3) is 4.64. The van der Waals surface area contributed by atoms with Crippen LogP contribution in [0.15, 0.2) is 57.9 Å². The van der Waals surface area contributed by atoms with Crippen LogP contribution in [-0.4, -0.2) is 41.9 Å². The SMILES string of the molecule is CC(=O)Nc1ccc(S(=O)(=O)N2CCCC(c3nc(-c4ccc(F)cc4)no3)C2)cc1. The molecule has 0 saturated carbocycles. The van der Waals surface area contributed by atoms with Crippen LogP contribution >= 0.6 is 0 Å². The number of piperidine rings is 1. The maximum atomic E-state index is 13.1. The Kier molecular flexibility index (Phi) is 5.84. The summed E-state index contributed by atoms with van der Waals surface area (Å²) in [5.41, 5.74) is 1.15. The van der Waals surface area contributed by atoms with E-state index in [1.807, 2.05) is 0 Å². The lowest BCUT2D eigenvalue weighted by molar-refractivity contribution is -0.114. The molecule has 4 rings (SSSR count). The van der Waals surface area contributed by atoms with Crippen molar-refractivity contribution in [3.05, 3.63) is 60.2 Å². The van der Waals surface area contributed by atoms with Crippen LogP contribution in [0.25, 0.3) is 11.4 Å². The second kappa shape index (κ2) is 8.56. The fourth-order valence-corrected chi connectivity index (χ4v) is 5.07. The maximum Gasteiger partial charge on any atom is 0.243 e. The second-order valence-electron chi connectivity index (χ2n) is 7.37. The van der Waals surface area contributed by atoms with Crippen LogP contribution in [0.2, 0.25) is 0 Å². The second-order valence-corrected chi connectivity index (χ2v) is 9.31. The third-order valence-corrected chi connectivity index (χ3v) is 6.97. The minimum absolute atomic E-state index is 0.153. The summed E-state index contributed by atoms with van der Waals surface area (Å²) in [4.78, 5) is 15.7. The number of benzene rings is 2. The number of hydrogen-bond acceptors (Lipinski definition) is 6. The molecule has 8 nitrogen and oxygen atoms in total. The summed E-state index contributed by atoms with van der Waals surface area (Å²) in [7, 11) is -3.71. The molecule has 0 spiro atoms. The molecule has 2 aromatic carbocycles. The zero-order chi connectivity index (χ0) is 22.0. The highest BCUT2D eigenvalue weighted by Gasteiger charge is 2.33. The molecule has 31 heavy (non-hydrogen) atoms. The van der Waals surface area contributed by atoms with Gasteiger partial charge in [-0.05, 0) is 61.4 Å². The fourth-order valence-electron chi connectivity index (χ4n) is 3.54. The number of hydrogen-bond donors (Lipinski definition) is 1. The number of amides is 1. The van der Waals surface area contributed by atoms with Crippen molar-refractivity contribution in [1.82, 2.24) is 14.4 Å². The first-order valence-electron chi connectivity index (χ1n) is 9.80. The summed E-state index contributed by atoms with van der Waals surface area (Å²) in [6, 6.07) is 11.8. The van der Waals surface area contributed by atoms with E-state index in [0.717, 1.165) is 6.42 Å². The highest BCUT2D eigenvalue weighted by atomic mass is 32.2. The number of aromatic nitrogens is 2. The molecule has 162 valence electrons. The minimum atomic E-state index is -3.71. The highest BCUT2D eigenvalue weighted by Crippen LogP contribution is 2.31. The molecule has 1 aliphatic rings. The van der Waals surface area contributed by atoms with Crippen LogP contribution < -0.4 is 5.32 Å². The fraction of sp³-hybridized carbons (Fsp3) is 0.286. The van der Waals surface area contributed by atoms with Crippen molar-refractivity contribution in [2.45, 2.75) is 30.6 Å². The summed E-state index contributed by atoms with van der Waals surface area (Å²) < 4.78 is 46.1. The molecular weight excluding hydrogens is 423 g/mol. The number of halogens is 1. The summed E-state index contributed by atoms with van der Waals surface area (Å²) >= 11 is 0. The van der Waals surface area contributed by atoms with Crippen LogP contribution in [0.1, 0.15) is 31.6 Å². The van der Waals surface area contributed by atoms with Gasteiger partial charge in [0.1, 0.15) is 5.82 Å². The molecule has 1 N–H and O–H groups in total. The van der Waals surface area contributed by atoms with Gasteiger partial charge in [-0.15, -0.1) is 0 Å². The topological polar surface area (TPSA) is 105 Å². The normalized spacial score (nSPS) is 17.4. The van der Waals surface area contributed by atoms with E-state index in [1.165, 1.54) is 35.5 Å². The van der Waals surface area contributed by atoms with Gasteiger partial charge >= 0.3 is 0 Å². The monoisotopic (exact) mass is 444 g/mol. The van der Waals surface area contributed by atoms with Gasteiger partial charge in [0.25, 0.3) is 0 Å². The molecule has 0 aliphatic carbocycles. The van der Waals surface area contributed by atoms with E-state index in [-0.39, 0.29) is 29.1 Å². The Balaban J connectivity index is 1.50. The van der Waals surface area contributed by atoms with Crippen molar-refractivity contribution >= 4 is 21.6 Å². The van der Waals surface area contributed by atoms with Crippen LogP contribution in [-0.2, 0) is 14.8 Å². The molecule has 1 aliphatic heterocycles. The molecule has 1 unspecified atom stereocenters. The molecule has 2 heterocycles. The Morgan fingerprint density at radius 3 is 2.55 bits per heavy atom. The minimum Gasteiger partial charge on any atom is -0.339 e. The van der Waals surface area contributed by atoms with Crippen LogP contribution in [0.4, 0.5) is 10.1 Å². The lowest BCUT2D eigenvalue weighted by Crippen LogP contribution is -2.39. The number of sulfonamides is 1. The summed E-state index contributed by atoms with van der Waals surface area (Å²) in [5.74, 6) is -0.118. The Morgan fingerprint density at radius 1 is 1.16 bits per heavy atom. The third-order valence-electron chi connectivity index (χ3n) is 5.09. The largest absolute Gasteiger partial charge is 0.339 e. The molecule has 10 heteroatoms. The first-order valence-corrected chi connectivity index (χ1v) is 11.2. The van der Waals surface area contributed by atoms with E-state index >= 15 is 0 Å². The number of rotatable bonds is 5. The van der Waals surface area contributed by atoms with Crippen LogP contribution in [0, 0.1) is 5.82 Å². The van der Waals surface area contributed by atoms with Gasteiger partial charge in [-0.3, -0.25) is 4.79 Å². The maximum absolute atomic E-state index is 13.1. The zero-order valence-corrected chi connectivity index (χ0v) is 17.6. The van der Waals surface area contributed by atoms with E-state index in [4.69, 9.17) is 4.52 Å². The van der Waals surface area contributed by atoms with Crippen molar-refractivity contribution in [1.29, 1.82) is 0 Å². The van der Waals surface area contributed by atoms with Gasteiger partial charge in [0.2, 0.25) is 27.6 Å². The molecular formula is C21H21FN4O4S. The summed E-state index contributed by atoms with van der Waals surface area (Å²) in [5, 5.41) is 6.57. The highest BCUT2D eigenvalue weighted by molar-refractivity contribution is 7.89. The zero-order valence-electron chi connectivity index (χ0n) is 16.8. The van der Waals surface area contributed by atoms with Crippen LogP contribution in [0.5, 0.6) is 0 Å². The standard InChI is InChI=1S/C21H21FN4O4S/c1-14(27)23-18-8-10-19(11-9-18)31(28,29)26-12-2-3-16(13-26)21-24-20(25-30-21)15-4-6-17(22)7-5-15/h4-11,16H,2-3,12-13H2,1H3,(H,23,27). The first-order chi connectivity index (χ1) is 14.8. The molecule has 1 fully saturated rings. The van der Waals surface area contributed by atoms with Crippen molar-refractivity contribution in [3.63, 3.8) is 0 Å². The quantitative estimate of drug-likeness (QED) is 0.647. The Morgan fingerprint density at radius 2 is 1.87 bits per heavy atom. The number of nitrogens with one attached hydrogen (secondary N) is 1. The lowest BCUT2D eigenvalue weighted by Gasteiger charge is -2.30. The molecule has 1 atom stereocenters. The summed E-state index contributed by atoms with van der Waals surface area (Å²) in [6.07, 6.45) is 1.38. The van der Waals surface area contributed by atoms with Gasteiger partial charge in [0.05, 0.1) is 10.8 Å². The van der Waals surface area contributed by atoms with E-state index in [2.05, 4.69) is 15.5 Å². The van der Waals surface area contributed by atoms with Gasteiger partial charge in [-0.1, -0.05) is 5.16 Å². The molecule has 1 amide bonds. The smallest absolute Gasteiger partial charge is 0.243 e. The molecule has 1 aromatic heterocycles. The number of carbonyl (C=O) groups excluding carboxylic acids is 1. The van der Waals surface area contributed by atoms with E-state index in [1.54, 1.807) is 24.3 Å². The number of anilines is 1. The number of carbonyl (C=O) groups is 1. The molecule has 1 saturated heterocycles. The van der Waals surface area contributed by atoms with Gasteiger partial charge in [0, 0.05) is 31.3 Å². The number of nitrogens with zero attached hydrogens (tertiary/aromatic N) is 3. The summed E-state index contributed by atoms with van der Waals surface area (Å²) in [6.45, 7) is 2.00. The van der Waals surface area contributed by atoms with Gasteiger partial charge < -0.3 is 9.84 Å². The predicted molar refractivity (Wildman–Crippen MR) is 111 cm³/mol. The van der Waals surface area contributed by atoms with Crippen LogP contribution in [0.3, 0.4) is 0 Å². The van der Waals surface area contributed by atoms with E-state index < -0.39 is 10.0 Å². The Bertz CT molecular complexity index is 1180. The van der Waals surface area contributed by atoms with Gasteiger partial charge in [-0.25, -0.2) is 12.8 Å². The Hall–Kier alpha value is -3.11. The van der Waals surface area contributed by atoms with Crippen molar-refractivity contribution < 1.29 is 22.1 Å². The van der Waals surface area contributed by atoms with E-state index in [0.29, 0.717) is 35.9 Å². The van der Waals surface area contributed by atoms with Crippen molar-refractivity contribution in [3.8, 4) is 11.4 Å². The average molecular weight is 444 g/mol. The van der Waals surface area contributed by atoms with Crippen molar-refractivity contribution in [2.75, 3.05) is 18.4 Å². The predicted octanol–water partition coefficient (Wildman–Crippen LogP) is 3.40. The van der Waals surface area contributed by atoms with Crippen molar-refractivity contribution in [2.24, 2.45) is 0 Å². The average Bonchev–Trinajstić information content (AvgIpc) is 3.25. The molecule has 3 aromatic rings. The van der Waals surface area contributed by atoms with Gasteiger partial charge in [-0.2, -0.15) is 9.29 Å². The molecule has 0 radical (unpaired) electrons. The molecule has 0 bridgehead atoms. The lowest BCUT2D eigenvalue weighted by atomic mass is 10.00.